The van der Waals surface area contributed by atoms with Crippen molar-refractivity contribution in [3.05, 3.63) is 55.9 Å². The first kappa shape index (κ1) is 12.4. The summed E-state index contributed by atoms with van der Waals surface area (Å²) in [5.74, 6) is 0. The highest BCUT2D eigenvalue weighted by Gasteiger charge is 2.30. The fourth-order valence-corrected chi connectivity index (χ4v) is 4.47. The van der Waals surface area contributed by atoms with Crippen LogP contribution in [0.3, 0.4) is 0 Å². The summed E-state index contributed by atoms with van der Waals surface area (Å²) < 4.78 is 0. The topological polar surface area (TPSA) is 3.24 Å². The van der Waals surface area contributed by atoms with Gasteiger partial charge in [0.15, 0.2) is 0 Å². The fourth-order valence-electron chi connectivity index (χ4n) is 2.54. The molecule has 0 aromatic carbocycles. The predicted octanol–water partition coefficient (Wildman–Crippen LogP) is 4.51. The quantitative estimate of drug-likeness (QED) is 0.805. The van der Waals surface area contributed by atoms with E-state index in [4.69, 9.17) is 11.6 Å². The highest BCUT2D eigenvalue weighted by atomic mass is 35.5. The molecule has 4 heteroatoms. The van der Waals surface area contributed by atoms with Gasteiger partial charge in [0, 0.05) is 27.9 Å². The molecule has 0 saturated heterocycles. The van der Waals surface area contributed by atoms with Crippen LogP contribution in [0.4, 0.5) is 0 Å². The van der Waals surface area contributed by atoms with Crippen molar-refractivity contribution in [3.8, 4) is 0 Å². The van der Waals surface area contributed by atoms with Gasteiger partial charge in [0.2, 0.25) is 0 Å². The standard InChI is InChI=1S/C14H14ClNS2/c1-10(15)9-16-6-4-12-11(5-8-18-12)14(16)13-3-2-7-17-13/h2-3,5,7-8,14H,1,4,6,9H2. The van der Waals surface area contributed by atoms with Crippen LogP contribution in [0.5, 0.6) is 0 Å². The van der Waals surface area contributed by atoms with Gasteiger partial charge in [0.05, 0.1) is 6.04 Å². The minimum Gasteiger partial charge on any atom is -0.286 e. The molecule has 0 N–H and O–H groups in total. The average Bonchev–Trinajstić information content (AvgIpc) is 2.97. The number of fused-ring (bicyclic) bond motifs is 1. The Morgan fingerprint density at radius 2 is 2.28 bits per heavy atom. The molecule has 3 rings (SSSR count). The van der Waals surface area contributed by atoms with E-state index in [-0.39, 0.29) is 0 Å². The zero-order valence-corrected chi connectivity index (χ0v) is 12.3. The number of nitrogens with zero attached hydrogens (tertiary/aromatic N) is 1. The molecule has 3 heterocycles. The Morgan fingerprint density at radius 1 is 1.39 bits per heavy atom. The van der Waals surface area contributed by atoms with E-state index in [1.54, 1.807) is 0 Å². The van der Waals surface area contributed by atoms with Crippen molar-refractivity contribution in [1.29, 1.82) is 0 Å². The molecule has 94 valence electrons. The maximum Gasteiger partial charge on any atom is 0.0710 e. The molecule has 0 spiro atoms. The average molecular weight is 296 g/mol. The van der Waals surface area contributed by atoms with Gasteiger partial charge in [0.25, 0.3) is 0 Å². The minimum atomic E-state index is 0.357. The lowest BCUT2D eigenvalue weighted by Crippen LogP contribution is -2.35. The Hall–Kier alpha value is -0.610. The third-order valence-electron chi connectivity index (χ3n) is 3.25. The SMILES string of the molecule is C=C(Cl)CN1CCc2sccc2C1c1cccs1. The Labute approximate surface area is 120 Å². The van der Waals surface area contributed by atoms with Crippen LogP contribution < -0.4 is 0 Å². The Bertz CT molecular complexity index is 544. The van der Waals surface area contributed by atoms with E-state index in [0.29, 0.717) is 6.04 Å². The van der Waals surface area contributed by atoms with Gasteiger partial charge in [-0.25, -0.2) is 0 Å². The lowest BCUT2D eigenvalue weighted by molar-refractivity contribution is 0.240. The second-order valence-electron chi connectivity index (χ2n) is 4.45. The molecule has 0 radical (unpaired) electrons. The molecule has 1 aliphatic heterocycles. The second kappa shape index (κ2) is 5.17. The van der Waals surface area contributed by atoms with Gasteiger partial charge < -0.3 is 0 Å². The molecule has 1 atom stereocenters. The summed E-state index contributed by atoms with van der Waals surface area (Å²) >= 11 is 9.70. The molecule has 2 aromatic rings. The van der Waals surface area contributed by atoms with Crippen LogP contribution in [-0.4, -0.2) is 18.0 Å². The van der Waals surface area contributed by atoms with Crippen LogP contribution in [0.15, 0.2) is 40.6 Å². The highest BCUT2D eigenvalue weighted by molar-refractivity contribution is 7.10. The normalized spacial score (nSPS) is 19.7. The number of hydrogen-bond acceptors (Lipinski definition) is 3. The number of hydrogen-bond donors (Lipinski definition) is 0. The monoisotopic (exact) mass is 295 g/mol. The van der Waals surface area contributed by atoms with Crippen molar-refractivity contribution in [2.75, 3.05) is 13.1 Å². The molecule has 18 heavy (non-hydrogen) atoms. The highest BCUT2D eigenvalue weighted by Crippen LogP contribution is 2.39. The van der Waals surface area contributed by atoms with Crippen LogP contribution in [-0.2, 0) is 6.42 Å². The van der Waals surface area contributed by atoms with E-state index in [1.165, 1.54) is 15.3 Å². The molecule has 0 fully saturated rings. The zero-order chi connectivity index (χ0) is 12.5. The lowest BCUT2D eigenvalue weighted by atomic mass is 9.98. The van der Waals surface area contributed by atoms with Gasteiger partial charge in [-0.05, 0) is 34.9 Å². The van der Waals surface area contributed by atoms with Crippen LogP contribution in [0.25, 0.3) is 0 Å². The molecule has 1 unspecified atom stereocenters. The van der Waals surface area contributed by atoms with Crippen molar-refractivity contribution in [3.63, 3.8) is 0 Å². The van der Waals surface area contributed by atoms with Crippen molar-refractivity contribution in [2.45, 2.75) is 12.5 Å². The van der Waals surface area contributed by atoms with Crippen molar-refractivity contribution in [1.82, 2.24) is 4.90 Å². The zero-order valence-electron chi connectivity index (χ0n) is 9.93. The Balaban J connectivity index is 2.00. The Kier molecular flexibility index (Phi) is 3.57. The second-order valence-corrected chi connectivity index (χ2v) is 6.97. The summed E-state index contributed by atoms with van der Waals surface area (Å²) in [5, 5.41) is 5.06. The lowest BCUT2D eigenvalue weighted by Gasteiger charge is -2.35. The van der Waals surface area contributed by atoms with Crippen LogP contribution in [0.2, 0.25) is 0 Å². The first-order chi connectivity index (χ1) is 8.75. The van der Waals surface area contributed by atoms with Crippen molar-refractivity contribution in [2.24, 2.45) is 0 Å². The van der Waals surface area contributed by atoms with E-state index < -0.39 is 0 Å². The summed E-state index contributed by atoms with van der Waals surface area (Å²) in [5.41, 5.74) is 1.45. The summed E-state index contributed by atoms with van der Waals surface area (Å²) in [7, 11) is 0. The van der Waals surface area contributed by atoms with E-state index in [0.717, 1.165) is 24.5 Å². The van der Waals surface area contributed by atoms with E-state index in [1.807, 2.05) is 22.7 Å². The smallest absolute Gasteiger partial charge is 0.0710 e. The van der Waals surface area contributed by atoms with E-state index in [9.17, 15) is 0 Å². The maximum atomic E-state index is 6.01. The Morgan fingerprint density at radius 3 is 3.00 bits per heavy atom. The van der Waals surface area contributed by atoms with Gasteiger partial charge in [0.1, 0.15) is 0 Å². The third-order valence-corrected chi connectivity index (χ3v) is 5.29. The maximum absolute atomic E-state index is 6.01. The molecule has 1 aliphatic rings. The van der Waals surface area contributed by atoms with Gasteiger partial charge in [-0.15, -0.1) is 22.7 Å². The van der Waals surface area contributed by atoms with Crippen LogP contribution >= 0.6 is 34.3 Å². The number of rotatable bonds is 3. The van der Waals surface area contributed by atoms with Gasteiger partial charge in [-0.3, -0.25) is 4.90 Å². The molecule has 0 amide bonds. The van der Waals surface area contributed by atoms with E-state index >= 15 is 0 Å². The van der Waals surface area contributed by atoms with Crippen molar-refractivity contribution >= 4 is 34.3 Å². The van der Waals surface area contributed by atoms with Crippen molar-refractivity contribution < 1.29 is 0 Å². The third kappa shape index (κ3) is 2.28. The predicted molar refractivity (Wildman–Crippen MR) is 80.8 cm³/mol. The summed E-state index contributed by atoms with van der Waals surface area (Å²) in [6, 6.07) is 6.95. The first-order valence-electron chi connectivity index (χ1n) is 5.92. The molecule has 2 aromatic heterocycles. The molecule has 1 nitrogen and oxygen atoms in total. The summed E-state index contributed by atoms with van der Waals surface area (Å²) in [6.07, 6.45) is 1.12. The van der Waals surface area contributed by atoms with Gasteiger partial charge >= 0.3 is 0 Å². The number of halogens is 1. The van der Waals surface area contributed by atoms with E-state index in [2.05, 4.69) is 40.4 Å². The molecular formula is C14H14ClNS2. The fraction of sp³-hybridized carbons (Fsp3) is 0.286. The van der Waals surface area contributed by atoms with Crippen LogP contribution in [0, 0.1) is 0 Å². The molecule has 0 aliphatic carbocycles. The van der Waals surface area contributed by atoms with Crippen LogP contribution in [0.1, 0.15) is 21.4 Å². The first-order valence-corrected chi connectivity index (χ1v) is 8.06. The number of thiophene rings is 2. The largest absolute Gasteiger partial charge is 0.286 e. The molecule has 0 bridgehead atoms. The molecule has 0 saturated carbocycles. The van der Waals surface area contributed by atoms with Gasteiger partial charge in [-0.1, -0.05) is 24.2 Å². The summed E-state index contributed by atoms with van der Waals surface area (Å²) in [4.78, 5) is 5.34. The minimum absolute atomic E-state index is 0.357. The van der Waals surface area contributed by atoms with Gasteiger partial charge in [-0.2, -0.15) is 0 Å². The molecular weight excluding hydrogens is 282 g/mol. The summed E-state index contributed by atoms with van der Waals surface area (Å²) in [6.45, 7) is 5.66.